The number of hydrogen-bond acceptors (Lipinski definition) is 5. The van der Waals surface area contributed by atoms with Gasteiger partial charge in [0, 0.05) is 25.7 Å². The van der Waals surface area contributed by atoms with E-state index in [0.29, 0.717) is 19.8 Å². The van der Waals surface area contributed by atoms with Crippen LogP contribution in [0.15, 0.2) is 0 Å². The van der Waals surface area contributed by atoms with Crippen LogP contribution in [0, 0.1) is 5.41 Å². The fraction of sp³-hybridized carbons (Fsp3) is 0.938. The fourth-order valence-electron chi connectivity index (χ4n) is 3.16. The van der Waals surface area contributed by atoms with Crippen LogP contribution in [0.2, 0.25) is 0 Å². The molecule has 0 aromatic heterocycles. The quantitative estimate of drug-likeness (QED) is 0.690. The van der Waals surface area contributed by atoms with E-state index in [-0.39, 0.29) is 17.4 Å². The van der Waals surface area contributed by atoms with Gasteiger partial charge >= 0.3 is 0 Å². The smallest absolute Gasteiger partial charge is 0.248 e. The Morgan fingerprint density at radius 3 is 2.86 bits per heavy atom. The Morgan fingerprint density at radius 1 is 1.45 bits per heavy atom. The second-order valence-corrected chi connectivity index (χ2v) is 6.51. The summed E-state index contributed by atoms with van der Waals surface area (Å²) in [6.45, 7) is 6.39. The van der Waals surface area contributed by atoms with Crippen LogP contribution in [0.3, 0.4) is 0 Å². The maximum Gasteiger partial charge on any atom is 0.248 e. The molecule has 2 heterocycles. The van der Waals surface area contributed by atoms with E-state index < -0.39 is 6.10 Å². The highest BCUT2D eigenvalue weighted by atomic mass is 16.5. The van der Waals surface area contributed by atoms with Crippen LogP contribution >= 0.6 is 0 Å². The van der Waals surface area contributed by atoms with E-state index in [1.807, 2.05) is 0 Å². The molecule has 0 aliphatic carbocycles. The lowest BCUT2D eigenvalue weighted by atomic mass is 9.79. The van der Waals surface area contributed by atoms with Crippen LogP contribution in [0.4, 0.5) is 0 Å². The van der Waals surface area contributed by atoms with Crippen LogP contribution in [0.25, 0.3) is 0 Å². The number of hydrogen-bond donors (Lipinski definition) is 2. The van der Waals surface area contributed by atoms with Gasteiger partial charge in [-0.25, -0.2) is 0 Å². The van der Waals surface area contributed by atoms with Gasteiger partial charge in [0.05, 0.1) is 19.3 Å². The molecule has 2 fully saturated rings. The van der Waals surface area contributed by atoms with E-state index in [2.05, 4.69) is 10.6 Å². The summed E-state index contributed by atoms with van der Waals surface area (Å²) in [5.41, 5.74) is 0.0456. The monoisotopic (exact) mass is 314 g/mol. The standard InChI is InChI=1S/C16H30N2O4/c1-13(22-10-14-4-3-9-21-14)15(19)18-11-16(12-20-2)5-7-17-8-6-16/h13-14,17H,3-12H2,1-2H3,(H,18,19). The highest BCUT2D eigenvalue weighted by Gasteiger charge is 2.33. The number of piperidine rings is 1. The lowest BCUT2D eigenvalue weighted by Gasteiger charge is -2.37. The molecule has 2 rings (SSSR count). The van der Waals surface area contributed by atoms with Crippen molar-refractivity contribution in [3.63, 3.8) is 0 Å². The maximum atomic E-state index is 12.2. The Morgan fingerprint density at radius 2 is 2.23 bits per heavy atom. The van der Waals surface area contributed by atoms with Gasteiger partial charge in [-0.15, -0.1) is 0 Å². The van der Waals surface area contributed by atoms with Crippen molar-refractivity contribution >= 4 is 5.91 Å². The third kappa shape index (κ3) is 5.19. The normalized spacial score (nSPS) is 25.8. The molecule has 2 N–H and O–H groups in total. The zero-order chi connectivity index (χ0) is 15.8. The Kier molecular flexibility index (Phi) is 7.08. The third-order valence-electron chi connectivity index (χ3n) is 4.68. The number of carbonyl (C=O) groups is 1. The lowest BCUT2D eigenvalue weighted by molar-refractivity contribution is -0.134. The molecular weight excluding hydrogens is 284 g/mol. The van der Waals surface area contributed by atoms with E-state index in [9.17, 15) is 4.79 Å². The lowest BCUT2D eigenvalue weighted by Crippen LogP contribution is -2.49. The molecule has 6 heteroatoms. The number of ether oxygens (including phenoxy) is 3. The summed E-state index contributed by atoms with van der Waals surface area (Å²) < 4.78 is 16.5. The summed E-state index contributed by atoms with van der Waals surface area (Å²) in [5.74, 6) is -0.0491. The zero-order valence-electron chi connectivity index (χ0n) is 13.9. The molecule has 0 radical (unpaired) electrons. The Labute approximate surface area is 133 Å². The molecule has 22 heavy (non-hydrogen) atoms. The summed E-state index contributed by atoms with van der Waals surface area (Å²) >= 11 is 0. The predicted molar refractivity (Wildman–Crippen MR) is 83.8 cm³/mol. The minimum Gasteiger partial charge on any atom is -0.384 e. The Balaban J connectivity index is 1.72. The molecule has 2 aliphatic heterocycles. The van der Waals surface area contributed by atoms with Crippen LogP contribution in [0.1, 0.15) is 32.6 Å². The first-order valence-electron chi connectivity index (χ1n) is 8.36. The van der Waals surface area contributed by atoms with E-state index in [0.717, 1.165) is 45.4 Å². The number of amides is 1. The molecule has 2 aliphatic rings. The van der Waals surface area contributed by atoms with Gasteiger partial charge in [-0.1, -0.05) is 0 Å². The zero-order valence-corrected chi connectivity index (χ0v) is 13.9. The molecule has 0 aromatic rings. The summed E-state index contributed by atoms with van der Waals surface area (Å²) in [6.07, 6.45) is 3.86. The van der Waals surface area contributed by atoms with Crippen molar-refractivity contribution in [3.05, 3.63) is 0 Å². The van der Waals surface area contributed by atoms with Crippen molar-refractivity contribution in [1.82, 2.24) is 10.6 Å². The van der Waals surface area contributed by atoms with E-state index in [4.69, 9.17) is 14.2 Å². The van der Waals surface area contributed by atoms with Crippen LogP contribution < -0.4 is 10.6 Å². The largest absolute Gasteiger partial charge is 0.384 e. The molecule has 0 spiro atoms. The Hall–Kier alpha value is -0.690. The van der Waals surface area contributed by atoms with Gasteiger partial charge in [-0.3, -0.25) is 4.79 Å². The third-order valence-corrected chi connectivity index (χ3v) is 4.68. The summed E-state index contributed by atoms with van der Waals surface area (Å²) in [5, 5.41) is 6.39. The number of nitrogens with one attached hydrogen (secondary N) is 2. The summed E-state index contributed by atoms with van der Waals surface area (Å²) in [6, 6.07) is 0. The highest BCUT2D eigenvalue weighted by Crippen LogP contribution is 2.28. The molecular formula is C16H30N2O4. The molecule has 0 bridgehead atoms. The maximum absolute atomic E-state index is 12.2. The molecule has 2 unspecified atom stereocenters. The minimum absolute atomic E-state index is 0.0456. The van der Waals surface area contributed by atoms with Gasteiger partial charge < -0.3 is 24.8 Å². The summed E-state index contributed by atoms with van der Waals surface area (Å²) in [4.78, 5) is 12.2. The first-order chi connectivity index (χ1) is 10.7. The highest BCUT2D eigenvalue weighted by molar-refractivity contribution is 5.80. The number of methoxy groups -OCH3 is 1. The average molecular weight is 314 g/mol. The topological polar surface area (TPSA) is 68.8 Å². The molecule has 2 atom stereocenters. The van der Waals surface area contributed by atoms with E-state index in [1.54, 1.807) is 14.0 Å². The van der Waals surface area contributed by atoms with Crippen LogP contribution in [-0.4, -0.2) is 64.7 Å². The van der Waals surface area contributed by atoms with Crippen molar-refractivity contribution in [3.8, 4) is 0 Å². The van der Waals surface area contributed by atoms with Gasteiger partial charge in [0.25, 0.3) is 0 Å². The van der Waals surface area contributed by atoms with E-state index >= 15 is 0 Å². The van der Waals surface area contributed by atoms with Crippen molar-refractivity contribution in [2.75, 3.05) is 46.6 Å². The molecule has 6 nitrogen and oxygen atoms in total. The molecule has 1 amide bonds. The first kappa shape index (κ1) is 17.7. The van der Waals surface area contributed by atoms with Crippen molar-refractivity contribution in [2.45, 2.75) is 44.8 Å². The van der Waals surface area contributed by atoms with Gasteiger partial charge in [0.2, 0.25) is 5.91 Å². The minimum atomic E-state index is -0.439. The van der Waals surface area contributed by atoms with Crippen LogP contribution in [0.5, 0.6) is 0 Å². The first-order valence-corrected chi connectivity index (χ1v) is 8.36. The van der Waals surface area contributed by atoms with Gasteiger partial charge in [0.15, 0.2) is 0 Å². The van der Waals surface area contributed by atoms with Gasteiger partial charge in [-0.2, -0.15) is 0 Å². The number of carbonyl (C=O) groups excluding carboxylic acids is 1. The number of rotatable bonds is 8. The van der Waals surface area contributed by atoms with Gasteiger partial charge in [0.1, 0.15) is 6.10 Å². The van der Waals surface area contributed by atoms with Crippen LogP contribution in [-0.2, 0) is 19.0 Å². The fourth-order valence-corrected chi connectivity index (χ4v) is 3.16. The molecule has 0 saturated carbocycles. The predicted octanol–water partition coefficient (Wildman–Crippen LogP) is 0.703. The molecule has 128 valence electrons. The molecule has 2 saturated heterocycles. The Bertz CT molecular complexity index is 334. The average Bonchev–Trinajstić information content (AvgIpc) is 3.05. The van der Waals surface area contributed by atoms with E-state index in [1.165, 1.54) is 0 Å². The SMILES string of the molecule is COCC1(CNC(=O)C(C)OCC2CCCO2)CCNCC1. The summed E-state index contributed by atoms with van der Waals surface area (Å²) in [7, 11) is 1.72. The van der Waals surface area contributed by atoms with Crippen molar-refractivity contribution in [2.24, 2.45) is 5.41 Å². The van der Waals surface area contributed by atoms with Crippen molar-refractivity contribution < 1.29 is 19.0 Å². The second-order valence-electron chi connectivity index (χ2n) is 6.51. The van der Waals surface area contributed by atoms with Gasteiger partial charge in [-0.05, 0) is 45.7 Å². The molecule has 0 aromatic carbocycles. The second kappa shape index (κ2) is 8.82. The van der Waals surface area contributed by atoms with Crippen molar-refractivity contribution in [1.29, 1.82) is 0 Å².